The van der Waals surface area contributed by atoms with Gasteiger partial charge >= 0.3 is 0 Å². The molecule has 2 rings (SSSR count). The molecule has 0 amide bonds. The zero-order valence-corrected chi connectivity index (χ0v) is 9.55. The first-order valence-electron chi connectivity index (χ1n) is 5.01. The molecule has 1 fully saturated rings. The largest absolute Gasteiger partial charge is 0.319 e. The molecule has 4 heteroatoms. The van der Waals surface area contributed by atoms with Crippen molar-refractivity contribution < 1.29 is 0 Å². The highest BCUT2D eigenvalue weighted by Crippen LogP contribution is 2.33. The summed E-state index contributed by atoms with van der Waals surface area (Å²) in [5, 5.41) is 3.10. The molecule has 0 bridgehead atoms. The summed E-state index contributed by atoms with van der Waals surface area (Å²) in [4.78, 5) is 6.71. The quantitative estimate of drug-likeness (QED) is 0.763. The Balaban J connectivity index is 2.18. The van der Waals surface area contributed by atoms with E-state index >= 15 is 0 Å². The van der Waals surface area contributed by atoms with Crippen LogP contribution in [0, 0.1) is 0 Å². The van der Waals surface area contributed by atoms with Crippen LogP contribution in [0.25, 0.3) is 0 Å². The Morgan fingerprint density at radius 3 is 3.07 bits per heavy atom. The van der Waals surface area contributed by atoms with Gasteiger partial charge in [0.2, 0.25) is 0 Å². The molecule has 2 N–H and O–H groups in total. The maximum Gasteiger partial charge on any atom is 0.113 e. The van der Waals surface area contributed by atoms with Crippen molar-refractivity contribution in [3.63, 3.8) is 0 Å². The molecule has 0 aromatic carbocycles. The Bertz CT molecular complexity index is 298. The lowest BCUT2D eigenvalue weighted by Gasteiger charge is -2.40. The second kappa shape index (κ2) is 3.61. The monoisotopic (exact) mass is 211 g/mol. The molecule has 3 nitrogen and oxygen atoms in total. The lowest BCUT2D eigenvalue weighted by Crippen LogP contribution is -2.50. The van der Waals surface area contributed by atoms with Crippen molar-refractivity contribution in [3.05, 3.63) is 16.6 Å². The summed E-state index contributed by atoms with van der Waals surface area (Å²) in [5.41, 5.74) is 6.22. The highest BCUT2D eigenvalue weighted by Gasteiger charge is 2.36. The number of hydrogen-bond acceptors (Lipinski definition) is 4. The van der Waals surface area contributed by atoms with E-state index in [0.717, 1.165) is 24.4 Å². The van der Waals surface area contributed by atoms with Crippen LogP contribution in [0.5, 0.6) is 0 Å². The zero-order valence-electron chi connectivity index (χ0n) is 8.73. The molecule has 1 aliphatic rings. The van der Waals surface area contributed by atoms with Gasteiger partial charge in [-0.15, -0.1) is 11.3 Å². The summed E-state index contributed by atoms with van der Waals surface area (Å²) in [5.74, 6) is 0. The van der Waals surface area contributed by atoms with E-state index in [1.165, 1.54) is 0 Å². The number of piperidine rings is 1. The Morgan fingerprint density at radius 1 is 1.71 bits per heavy atom. The number of thiazole rings is 1. The molecular formula is C10H17N3S. The molecular weight excluding hydrogens is 194 g/mol. The van der Waals surface area contributed by atoms with Crippen LogP contribution in [-0.2, 0) is 5.54 Å². The molecule has 0 spiro atoms. The van der Waals surface area contributed by atoms with Gasteiger partial charge in [-0.05, 0) is 26.8 Å². The van der Waals surface area contributed by atoms with E-state index in [1.807, 2.05) is 11.6 Å². The minimum Gasteiger partial charge on any atom is -0.319 e. The van der Waals surface area contributed by atoms with Gasteiger partial charge in [-0.25, -0.2) is 4.98 Å². The second-order valence-electron chi connectivity index (χ2n) is 4.28. The van der Waals surface area contributed by atoms with E-state index in [1.54, 1.807) is 11.3 Å². The lowest BCUT2D eigenvalue weighted by atomic mass is 9.85. The number of rotatable bonds is 1. The van der Waals surface area contributed by atoms with Crippen LogP contribution in [0.4, 0.5) is 0 Å². The standard InChI is InChI=1S/C10H17N3S/c1-8-7-10(11,3-5-13(8)2)9-12-4-6-14-9/h4,6,8H,3,5,7,11H2,1-2H3. The average Bonchev–Trinajstić information content (AvgIpc) is 2.65. The summed E-state index contributed by atoms with van der Waals surface area (Å²) < 4.78 is 0. The van der Waals surface area contributed by atoms with E-state index in [9.17, 15) is 0 Å². The Labute approximate surface area is 88.9 Å². The minimum absolute atomic E-state index is 0.180. The van der Waals surface area contributed by atoms with Gasteiger partial charge in [-0.3, -0.25) is 0 Å². The first kappa shape index (κ1) is 10.1. The van der Waals surface area contributed by atoms with Crippen LogP contribution in [0.3, 0.4) is 0 Å². The lowest BCUT2D eigenvalue weighted by molar-refractivity contribution is 0.131. The first-order chi connectivity index (χ1) is 6.62. The Morgan fingerprint density at radius 2 is 2.50 bits per heavy atom. The normalized spacial score (nSPS) is 34.6. The molecule has 0 radical (unpaired) electrons. The van der Waals surface area contributed by atoms with Gasteiger partial charge in [0.05, 0.1) is 5.54 Å². The summed E-state index contributed by atoms with van der Waals surface area (Å²) >= 11 is 1.68. The molecule has 0 saturated carbocycles. The van der Waals surface area contributed by atoms with Gasteiger partial charge in [-0.2, -0.15) is 0 Å². The fourth-order valence-electron chi connectivity index (χ4n) is 2.04. The van der Waals surface area contributed by atoms with Crippen LogP contribution in [-0.4, -0.2) is 29.5 Å². The van der Waals surface area contributed by atoms with E-state index in [2.05, 4.69) is 23.9 Å². The SMILES string of the molecule is CC1CC(N)(c2nccs2)CCN1C. The molecule has 14 heavy (non-hydrogen) atoms. The molecule has 1 aromatic heterocycles. The van der Waals surface area contributed by atoms with Crippen LogP contribution in [0.1, 0.15) is 24.8 Å². The predicted octanol–water partition coefficient (Wildman–Crippen LogP) is 1.41. The molecule has 1 saturated heterocycles. The van der Waals surface area contributed by atoms with Gasteiger partial charge in [0.1, 0.15) is 5.01 Å². The van der Waals surface area contributed by atoms with Crippen LogP contribution >= 0.6 is 11.3 Å². The summed E-state index contributed by atoms with van der Waals surface area (Å²) in [6.45, 7) is 3.30. The number of nitrogens with zero attached hydrogens (tertiary/aromatic N) is 2. The summed E-state index contributed by atoms with van der Waals surface area (Å²) in [6, 6.07) is 0.553. The highest BCUT2D eigenvalue weighted by molar-refractivity contribution is 7.09. The number of hydrogen-bond donors (Lipinski definition) is 1. The fraction of sp³-hybridized carbons (Fsp3) is 0.700. The van der Waals surface area contributed by atoms with E-state index < -0.39 is 0 Å². The number of likely N-dealkylation sites (tertiary alicyclic amines) is 1. The zero-order chi connectivity index (χ0) is 10.2. The maximum absolute atomic E-state index is 6.40. The van der Waals surface area contributed by atoms with Crippen LogP contribution in [0.2, 0.25) is 0 Å². The number of aromatic nitrogens is 1. The third-order valence-electron chi connectivity index (χ3n) is 3.18. The summed E-state index contributed by atoms with van der Waals surface area (Å²) in [6.07, 6.45) is 3.87. The summed E-state index contributed by atoms with van der Waals surface area (Å²) in [7, 11) is 2.16. The van der Waals surface area contributed by atoms with Crippen molar-refractivity contribution in [2.75, 3.05) is 13.6 Å². The average molecular weight is 211 g/mol. The smallest absolute Gasteiger partial charge is 0.113 e. The third kappa shape index (κ3) is 1.69. The van der Waals surface area contributed by atoms with Gasteiger partial charge in [0.25, 0.3) is 0 Å². The molecule has 2 heterocycles. The second-order valence-corrected chi connectivity index (χ2v) is 5.17. The van der Waals surface area contributed by atoms with E-state index in [-0.39, 0.29) is 5.54 Å². The Kier molecular flexibility index (Phi) is 2.60. The van der Waals surface area contributed by atoms with Gasteiger partial charge in [-0.1, -0.05) is 0 Å². The van der Waals surface area contributed by atoms with Gasteiger partial charge < -0.3 is 10.6 Å². The van der Waals surface area contributed by atoms with Crippen molar-refractivity contribution in [3.8, 4) is 0 Å². The van der Waals surface area contributed by atoms with Crippen LogP contribution < -0.4 is 5.73 Å². The van der Waals surface area contributed by atoms with Crippen molar-refractivity contribution in [2.45, 2.75) is 31.3 Å². The van der Waals surface area contributed by atoms with E-state index in [4.69, 9.17) is 5.73 Å². The van der Waals surface area contributed by atoms with Gasteiger partial charge in [0.15, 0.2) is 0 Å². The molecule has 2 atom stereocenters. The van der Waals surface area contributed by atoms with Crippen molar-refractivity contribution in [1.82, 2.24) is 9.88 Å². The molecule has 1 aromatic rings. The molecule has 1 aliphatic heterocycles. The van der Waals surface area contributed by atoms with Crippen molar-refractivity contribution in [2.24, 2.45) is 5.73 Å². The predicted molar refractivity (Wildman–Crippen MR) is 59.3 cm³/mol. The maximum atomic E-state index is 6.40. The van der Waals surface area contributed by atoms with Crippen molar-refractivity contribution >= 4 is 11.3 Å². The van der Waals surface area contributed by atoms with E-state index in [0.29, 0.717) is 6.04 Å². The molecule has 0 aliphatic carbocycles. The van der Waals surface area contributed by atoms with Gasteiger partial charge in [0, 0.05) is 24.2 Å². The fourth-order valence-corrected chi connectivity index (χ4v) is 2.84. The highest BCUT2D eigenvalue weighted by atomic mass is 32.1. The number of nitrogens with two attached hydrogens (primary N) is 1. The first-order valence-corrected chi connectivity index (χ1v) is 5.89. The third-order valence-corrected chi connectivity index (χ3v) is 4.17. The molecule has 2 unspecified atom stereocenters. The van der Waals surface area contributed by atoms with Crippen LogP contribution in [0.15, 0.2) is 11.6 Å². The molecule has 78 valence electrons. The Hall–Kier alpha value is -0.450. The topological polar surface area (TPSA) is 42.1 Å². The van der Waals surface area contributed by atoms with Crippen molar-refractivity contribution in [1.29, 1.82) is 0 Å². The minimum atomic E-state index is -0.180.